The number of nitrogens with zero attached hydrogens (tertiary/aromatic N) is 3. The molecule has 0 atom stereocenters. The highest BCUT2D eigenvalue weighted by Crippen LogP contribution is 2.01. The summed E-state index contributed by atoms with van der Waals surface area (Å²) in [6, 6.07) is 1.91. The number of thiocyanates is 1. The third-order valence-electron chi connectivity index (χ3n) is 1.27. The molecule has 0 N–H and O–H groups in total. The minimum atomic E-state index is 0.304. The Balaban J connectivity index is 2.52. The van der Waals surface area contributed by atoms with Crippen molar-refractivity contribution in [3.63, 3.8) is 0 Å². The number of nitriles is 1. The van der Waals surface area contributed by atoms with Crippen LogP contribution in [-0.2, 0) is 0 Å². The smallest absolute Gasteiger partial charge is 0.176 e. The van der Waals surface area contributed by atoms with Gasteiger partial charge in [-0.25, -0.2) is 0 Å². The van der Waals surface area contributed by atoms with Crippen LogP contribution in [0.5, 0.6) is 0 Å². The zero-order chi connectivity index (χ0) is 8.97. The molecule has 0 fully saturated rings. The monoisotopic (exact) mass is 183 g/mol. The van der Waals surface area contributed by atoms with Crippen LogP contribution in [0.3, 0.4) is 0 Å². The van der Waals surface area contributed by atoms with E-state index in [0.717, 1.165) is 23.1 Å². The summed E-state index contributed by atoms with van der Waals surface area (Å²) >= 11 is 1.04. The maximum Gasteiger partial charge on any atom is 0.176 e. The van der Waals surface area contributed by atoms with Crippen LogP contribution in [0.25, 0.3) is 0 Å². The topological polar surface area (TPSA) is 50.8 Å². The van der Waals surface area contributed by atoms with Gasteiger partial charge in [0, 0.05) is 0 Å². The van der Waals surface area contributed by atoms with Gasteiger partial charge in [-0.05, 0) is 31.7 Å². The molecule has 64 valence electrons. The average Bonchev–Trinajstić information content (AvgIpc) is 2.31. The molecule has 5 heteroatoms. The number of aromatic nitrogens is 2. The summed E-state index contributed by atoms with van der Waals surface area (Å²) in [5.41, 5.74) is 1.85. The third-order valence-corrected chi connectivity index (χ3v) is 1.62. The van der Waals surface area contributed by atoms with Crippen molar-refractivity contribution in [1.29, 1.82) is 5.26 Å². The van der Waals surface area contributed by atoms with Crippen molar-refractivity contribution in [2.45, 2.75) is 13.8 Å². The summed E-state index contributed by atoms with van der Waals surface area (Å²) in [6.07, 6.45) is 0. The van der Waals surface area contributed by atoms with Gasteiger partial charge in [-0.15, -0.1) is 9.94 Å². The van der Waals surface area contributed by atoms with Crippen LogP contribution in [0.2, 0.25) is 0 Å². The van der Waals surface area contributed by atoms with Crippen molar-refractivity contribution in [1.82, 2.24) is 9.94 Å². The van der Waals surface area contributed by atoms with Gasteiger partial charge in [0.25, 0.3) is 0 Å². The predicted octanol–water partition coefficient (Wildman–Crippen LogP) is 1.10. The zero-order valence-electron chi connectivity index (χ0n) is 6.94. The van der Waals surface area contributed by atoms with E-state index in [1.54, 1.807) is 0 Å². The number of thioether (sulfide) groups is 1. The van der Waals surface area contributed by atoms with E-state index in [1.165, 1.54) is 4.85 Å². The van der Waals surface area contributed by atoms with Crippen LogP contribution in [-0.4, -0.2) is 15.9 Å². The Kier molecular flexibility index (Phi) is 3.00. The predicted molar refractivity (Wildman–Crippen MR) is 46.4 cm³/mol. The Morgan fingerprint density at radius 3 is 3.00 bits per heavy atom. The summed E-state index contributed by atoms with van der Waals surface area (Å²) in [5.74, 6) is 0.304. The molecule has 1 aromatic heterocycles. The summed E-state index contributed by atoms with van der Waals surface area (Å²) < 4.78 is 0. The van der Waals surface area contributed by atoms with Crippen LogP contribution in [0, 0.1) is 24.5 Å². The maximum atomic E-state index is 8.22. The lowest BCUT2D eigenvalue weighted by Crippen LogP contribution is -2.13. The molecule has 0 aromatic carbocycles. The molecule has 0 aliphatic carbocycles. The maximum absolute atomic E-state index is 8.22. The lowest BCUT2D eigenvalue weighted by Gasteiger charge is -2.02. The molecule has 0 aliphatic heterocycles. The first-order valence-corrected chi connectivity index (χ1v) is 4.40. The molecular formula is C7H9N3OS. The van der Waals surface area contributed by atoms with Gasteiger partial charge in [0.1, 0.15) is 5.40 Å². The van der Waals surface area contributed by atoms with Crippen LogP contribution < -0.4 is 4.84 Å². The van der Waals surface area contributed by atoms with Crippen molar-refractivity contribution in [2.24, 2.45) is 0 Å². The molecule has 1 heterocycles. The van der Waals surface area contributed by atoms with Gasteiger partial charge in [-0.2, -0.15) is 5.26 Å². The van der Waals surface area contributed by atoms with Crippen molar-refractivity contribution in [2.75, 3.05) is 5.94 Å². The van der Waals surface area contributed by atoms with Gasteiger partial charge in [-0.3, -0.25) is 0 Å². The van der Waals surface area contributed by atoms with Crippen LogP contribution >= 0.6 is 11.8 Å². The lowest BCUT2D eigenvalue weighted by molar-refractivity contribution is 0.115. The Morgan fingerprint density at radius 2 is 2.50 bits per heavy atom. The van der Waals surface area contributed by atoms with E-state index in [2.05, 4.69) is 5.10 Å². The second kappa shape index (κ2) is 4.02. The molecule has 1 rings (SSSR count). The van der Waals surface area contributed by atoms with Gasteiger partial charge in [0.2, 0.25) is 0 Å². The van der Waals surface area contributed by atoms with E-state index in [4.69, 9.17) is 10.1 Å². The molecule has 0 amide bonds. The highest BCUT2D eigenvalue weighted by molar-refractivity contribution is 8.03. The van der Waals surface area contributed by atoms with Crippen molar-refractivity contribution >= 4 is 11.8 Å². The summed E-state index contributed by atoms with van der Waals surface area (Å²) in [4.78, 5) is 6.57. The SMILES string of the molecule is Cc1cc(C)n(OCSC#N)n1. The second-order valence-corrected chi connectivity index (χ2v) is 2.99. The largest absolute Gasteiger partial charge is 0.385 e. The molecule has 0 saturated heterocycles. The van der Waals surface area contributed by atoms with Gasteiger partial charge in [0.05, 0.1) is 11.4 Å². The Hall–Kier alpha value is -1.15. The molecule has 0 aliphatic rings. The second-order valence-electron chi connectivity index (χ2n) is 2.28. The molecule has 0 saturated carbocycles. The molecular weight excluding hydrogens is 174 g/mol. The van der Waals surface area contributed by atoms with Gasteiger partial charge in [-0.1, -0.05) is 0 Å². The quantitative estimate of drug-likeness (QED) is 0.400. The molecule has 12 heavy (non-hydrogen) atoms. The van der Waals surface area contributed by atoms with Crippen LogP contribution in [0.4, 0.5) is 0 Å². The zero-order valence-corrected chi connectivity index (χ0v) is 7.76. The first-order valence-electron chi connectivity index (χ1n) is 3.41. The third kappa shape index (κ3) is 2.17. The van der Waals surface area contributed by atoms with Gasteiger partial charge >= 0.3 is 0 Å². The Labute approximate surface area is 75.1 Å². The number of rotatable bonds is 3. The Bertz CT molecular complexity index is 302. The van der Waals surface area contributed by atoms with Crippen LogP contribution in [0.15, 0.2) is 6.07 Å². The van der Waals surface area contributed by atoms with Crippen molar-refractivity contribution < 1.29 is 4.84 Å². The molecule has 4 nitrogen and oxygen atoms in total. The van der Waals surface area contributed by atoms with Crippen molar-refractivity contribution in [3.05, 3.63) is 17.5 Å². The molecule has 1 aromatic rings. The highest BCUT2D eigenvalue weighted by Gasteiger charge is 1.99. The van der Waals surface area contributed by atoms with E-state index in [9.17, 15) is 0 Å². The van der Waals surface area contributed by atoms with E-state index in [1.807, 2.05) is 25.3 Å². The highest BCUT2D eigenvalue weighted by atomic mass is 32.2. The summed E-state index contributed by atoms with van der Waals surface area (Å²) in [5, 5.41) is 14.2. The normalized spacial score (nSPS) is 9.42. The minimum absolute atomic E-state index is 0.304. The first kappa shape index (κ1) is 8.94. The fraction of sp³-hybridized carbons (Fsp3) is 0.429. The number of hydrogen-bond donors (Lipinski definition) is 0. The van der Waals surface area contributed by atoms with Crippen LogP contribution in [0.1, 0.15) is 11.4 Å². The van der Waals surface area contributed by atoms with E-state index in [-0.39, 0.29) is 0 Å². The number of aryl methyl sites for hydroxylation is 2. The number of hydrogen-bond acceptors (Lipinski definition) is 4. The molecule has 0 radical (unpaired) electrons. The van der Waals surface area contributed by atoms with E-state index < -0.39 is 0 Å². The Morgan fingerprint density at radius 1 is 1.75 bits per heavy atom. The molecule has 0 spiro atoms. The fourth-order valence-corrected chi connectivity index (χ4v) is 1.05. The van der Waals surface area contributed by atoms with Gasteiger partial charge in [0.15, 0.2) is 5.94 Å². The van der Waals surface area contributed by atoms with E-state index in [0.29, 0.717) is 5.94 Å². The summed E-state index contributed by atoms with van der Waals surface area (Å²) in [7, 11) is 0. The van der Waals surface area contributed by atoms with Crippen molar-refractivity contribution in [3.8, 4) is 5.40 Å². The molecule has 0 unspecified atom stereocenters. The average molecular weight is 183 g/mol. The standard InChI is InChI=1S/C7H9N3OS/c1-6-3-7(2)10(9-6)11-5-12-4-8/h3H,5H2,1-2H3. The lowest BCUT2D eigenvalue weighted by atomic mass is 10.4. The fourth-order valence-electron chi connectivity index (χ4n) is 0.842. The first-order chi connectivity index (χ1) is 5.74. The summed E-state index contributed by atoms with van der Waals surface area (Å²) in [6.45, 7) is 3.79. The van der Waals surface area contributed by atoms with E-state index >= 15 is 0 Å². The minimum Gasteiger partial charge on any atom is -0.385 e. The van der Waals surface area contributed by atoms with Gasteiger partial charge < -0.3 is 4.84 Å². The molecule has 0 bridgehead atoms.